The van der Waals surface area contributed by atoms with Gasteiger partial charge in [0.15, 0.2) is 15.6 Å². The number of piperazine rings is 1. The Hall–Kier alpha value is -2.64. The quantitative estimate of drug-likeness (QED) is 0.375. The smallest absolute Gasteiger partial charge is 0.255 e. The molecular weight excluding hydrogens is 594 g/mol. The third-order valence-corrected chi connectivity index (χ3v) is 12.0. The van der Waals surface area contributed by atoms with E-state index in [1.54, 1.807) is 6.08 Å². The number of hydrogen-bond donors (Lipinski definition) is 1. The van der Waals surface area contributed by atoms with E-state index < -0.39 is 15.9 Å². The second-order valence-electron chi connectivity index (χ2n) is 13.5. The fourth-order valence-electron chi connectivity index (χ4n) is 7.90. The Balaban J connectivity index is 0.963. The first-order valence-corrected chi connectivity index (χ1v) is 18.3. The summed E-state index contributed by atoms with van der Waals surface area (Å²) in [5, 5.41) is 3.16. The Bertz CT molecular complexity index is 1400. The normalized spacial score (nSPS) is 29.1. The monoisotopic (exact) mass is 641 g/mol. The fourth-order valence-corrected chi connectivity index (χ4v) is 9.13. The molecule has 11 nitrogen and oxygen atoms in total. The molecule has 45 heavy (non-hydrogen) atoms. The molecule has 2 bridgehead atoms. The van der Waals surface area contributed by atoms with Crippen LogP contribution in [-0.2, 0) is 29.0 Å². The van der Waals surface area contributed by atoms with Crippen molar-refractivity contribution in [2.45, 2.75) is 68.8 Å². The number of nitrogens with one attached hydrogen (secondary N) is 1. The summed E-state index contributed by atoms with van der Waals surface area (Å²) in [4.78, 5) is 47.5. The molecule has 0 spiro atoms. The van der Waals surface area contributed by atoms with Crippen LogP contribution in [0.15, 0.2) is 29.8 Å². The van der Waals surface area contributed by atoms with Crippen LogP contribution >= 0.6 is 0 Å². The second-order valence-corrected chi connectivity index (χ2v) is 15.8. The van der Waals surface area contributed by atoms with E-state index in [1.807, 2.05) is 48.2 Å². The average Bonchev–Trinajstić information content (AvgIpc) is 3.64. The van der Waals surface area contributed by atoms with Crippen molar-refractivity contribution >= 4 is 33.5 Å². The molecular formula is C33H47N5O6S. The number of Topliss-reactive ketones (excluding diaryl/α,β-unsaturated/α-hetero) is 1. The van der Waals surface area contributed by atoms with E-state index in [9.17, 15) is 22.8 Å². The molecule has 2 amide bonds. The molecule has 0 aromatic heterocycles. The molecule has 4 atom stereocenters. The zero-order chi connectivity index (χ0) is 31.7. The summed E-state index contributed by atoms with van der Waals surface area (Å²) < 4.78 is 31.6. The number of amides is 2. The van der Waals surface area contributed by atoms with Gasteiger partial charge in [0.05, 0.1) is 23.1 Å². The number of hydrogen-bond acceptors (Lipinski definition) is 9. The molecule has 1 aromatic rings. The minimum absolute atomic E-state index is 0.0442. The largest absolute Gasteiger partial charge is 0.368 e. The Morgan fingerprint density at radius 3 is 2.33 bits per heavy atom. The van der Waals surface area contributed by atoms with E-state index in [0.29, 0.717) is 45.9 Å². The topological polar surface area (TPSA) is 120 Å². The lowest BCUT2D eigenvalue weighted by atomic mass is 9.85. The molecule has 4 saturated heterocycles. The van der Waals surface area contributed by atoms with E-state index in [0.717, 1.165) is 49.7 Å². The van der Waals surface area contributed by atoms with Crippen molar-refractivity contribution in [3.63, 3.8) is 0 Å². The first kappa shape index (κ1) is 32.3. The highest BCUT2D eigenvalue weighted by Gasteiger charge is 2.42. The summed E-state index contributed by atoms with van der Waals surface area (Å²) in [5.41, 5.74) is 2.00. The summed E-state index contributed by atoms with van der Waals surface area (Å²) in [6.45, 7) is 4.24. The highest BCUT2D eigenvalue weighted by Crippen LogP contribution is 2.37. The van der Waals surface area contributed by atoms with Crippen molar-refractivity contribution in [1.82, 2.24) is 24.9 Å². The molecule has 0 saturated carbocycles. The van der Waals surface area contributed by atoms with Crippen molar-refractivity contribution < 1.29 is 27.5 Å². The van der Waals surface area contributed by atoms with E-state index in [1.165, 1.54) is 0 Å². The summed E-state index contributed by atoms with van der Waals surface area (Å²) in [6, 6.07) is 7.63. The van der Waals surface area contributed by atoms with Gasteiger partial charge < -0.3 is 15.0 Å². The van der Waals surface area contributed by atoms with Gasteiger partial charge in [0, 0.05) is 64.0 Å². The Morgan fingerprint density at radius 1 is 0.978 bits per heavy atom. The number of rotatable bonds is 10. The van der Waals surface area contributed by atoms with Crippen molar-refractivity contribution in [2.24, 2.45) is 0 Å². The number of benzene rings is 1. The summed E-state index contributed by atoms with van der Waals surface area (Å²) in [7, 11) is 0.471. The molecule has 5 aliphatic rings. The van der Waals surface area contributed by atoms with Crippen LogP contribution in [0.1, 0.15) is 55.7 Å². The Morgan fingerprint density at radius 2 is 1.67 bits per heavy atom. The number of carbonyl (C=O) groups excluding carboxylic acids is 3. The van der Waals surface area contributed by atoms with Gasteiger partial charge >= 0.3 is 0 Å². The van der Waals surface area contributed by atoms with Gasteiger partial charge in [-0.15, -0.1) is 0 Å². The van der Waals surface area contributed by atoms with E-state index in [4.69, 9.17) is 4.74 Å². The minimum atomic E-state index is -3.23. The van der Waals surface area contributed by atoms with Crippen LogP contribution in [-0.4, -0.2) is 141 Å². The highest BCUT2D eigenvalue weighted by atomic mass is 32.2. The van der Waals surface area contributed by atoms with Crippen LogP contribution in [0.4, 0.5) is 0 Å². The van der Waals surface area contributed by atoms with Crippen LogP contribution in [0.25, 0.3) is 6.08 Å². The number of sulfone groups is 1. The van der Waals surface area contributed by atoms with Crippen molar-refractivity contribution in [2.75, 3.05) is 71.5 Å². The third kappa shape index (κ3) is 7.20. The predicted molar refractivity (Wildman–Crippen MR) is 171 cm³/mol. The maximum Gasteiger partial charge on any atom is 0.255 e. The number of piperidine rings is 1. The van der Waals surface area contributed by atoms with E-state index in [2.05, 4.69) is 15.1 Å². The fraction of sp³-hybridized carbons (Fsp3) is 0.667. The van der Waals surface area contributed by atoms with Crippen LogP contribution in [0.3, 0.4) is 0 Å². The number of ketones is 1. The van der Waals surface area contributed by atoms with Gasteiger partial charge in [0.25, 0.3) is 11.8 Å². The van der Waals surface area contributed by atoms with Crippen molar-refractivity contribution in [1.29, 1.82) is 0 Å². The molecule has 1 N–H and O–H groups in total. The van der Waals surface area contributed by atoms with Crippen molar-refractivity contribution in [3.05, 3.63) is 41.0 Å². The average molecular weight is 642 g/mol. The maximum absolute atomic E-state index is 13.4. The summed E-state index contributed by atoms with van der Waals surface area (Å²) >= 11 is 0. The Kier molecular flexibility index (Phi) is 9.77. The minimum Gasteiger partial charge on any atom is -0.368 e. The first-order valence-electron chi connectivity index (χ1n) is 16.5. The SMILES string of the molecule is CN(C)C1C(=O)C(C(=O)NC2CC3CCC(C2)N3CCS(=O)(=O)CCN2CCN(C(=O)C3CCCO3)CC2)=Cc2ccccc21. The molecule has 6 rings (SSSR count). The van der Waals surface area contributed by atoms with Gasteiger partial charge in [0.1, 0.15) is 6.10 Å². The molecule has 246 valence electrons. The highest BCUT2D eigenvalue weighted by molar-refractivity contribution is 7.91. The number of nitrogens with zero attached hydrogens (tertiary/aromatic N) is 4. The number of ether oxygens (including phenoxy) is 1. The molecule has 4 unspecified atom stereocenters. The molecule has 1 aromatic carbocycles. The molecule has 1 aliphatic carbocycles. The van der Waals surface area contributed by atoms with Crippen molar-refractivity contribution in [3.8, 4) is 0 Å². The van der Waals surface area contributed by atoms with Gasteiger partial charge in [-0.05, 0) is 69.8 Å². The van der Waals surface area contributed by atoms with Crippen LogP contribution < -0.4 is 5.32 Å². The summed E-state index contributed by atoms with van der Waals surface area (Å²) in [6.07, 6.45) is 6.62. The van der Waals surface area contributed by atoms with Gasteiger partial charge in [0.2, 0.25) is 0 Å². The van der Waals surface area contributed by atoms with Gasteiger partial charge in [-0.1, -0.05) is 24.3 Å². The maximum atomic E-state index is 13.4. The predicted octanol–water partition coefficient (Wildman–Crippen LogP) is 1.11. The van der Waals surface area contributed by atoms with Crippen LogP contribution in [0.2, 0.25) is 0 Å². The van der Waals surface area contributed by atoms with Crippen LogP contribution in [0, 0.1) is 0 Å². The lowest BCUT2D eigenvalue weighted by Gasteiger charge is -2.39. The van der Waals surface area contributed by atoms with Crippen LogP contribution in [0.5, 0.6) is 0 Å². The van der Waals surface area contributed by atoms with E-state index >= 15 is 0 Å². The lowest BCUT2D eigenvalue weighted by molar-refractivity contribution is -0.142. The zero-order valence-electron chi connectivity index (χ0n) is 26.5. The molecule has 4 heterocycles. The molecule has 12 heteroatoms. The number of carbonyl (C=O) groups is 3. The zero-order valence-corrected chi connectivity index (χ0v) is 27.3. The van der Waals surface area contributed by atoms with E-state index in [-0.39, 0.29) is 58.9 Å². The molecule has 0 radical (unpaired) electrons. The standard InChI is InChI=1S/C33H47N5O6S/c1-35(2)30-27-7-4-3-6-23(27)20-28(31(30)39)32(40)34-24-21-25-9-10-26(22-24)38(25)16-19-45(42,43)18-15-36-11-13-37(14-12-36)33(41)29-8-5-17-44-29/h3-4,6-7,20,24-26,29-30H,5,8-19,21-22H2,1-2H3,(H,34,40). The molecule has 4 aliphatic heterocycles. The molecule has 4 fully saturated rings. The van der Waals surface area contributed by atoms with Gasteiger partial charge in [-0.3, -0.25) is 29.1 Å². The van der Waals surface area contributed by atoms with Gasteiger partial charge in [-0.25, -0.2) is 8.42 Å². The first-order chi connectivity index (χ1) is 21.6. The Labute approximate surface area is 266 Å². The second kappa shape index (κ2) is 13.6. The number of fused-ring (bicyclic) bond motifs is 3. The number of likely N-dealkylation sites (N-methyl/N-ethyl adjacent to an activating group) is 1. The lowest BCUT2D eigenvalue weighted by Crippen LogP contribution is -2.53. The summed E-state index contributed by atoms with van der Waals surface area (Å²) in [5.74, 6) is -0.188. The third-order valence-electron chi connectivity index (χ3n) is 10.4. The van der Waals surface area contributed by atoms with Gasteiger partial charge in [-0.2, -0.15) is 0 Å².